The van der Waals surface area contributed by atoms with Crippen molar-refractivity contribution in [3.8, 4) is 0 Å². The molecule has 2 N–H and O–H groups in total. The maximum Gasteiger partial charge on any atom is 0.191 e. The summed E-state index contributed by atoms with van der Waals surface area (Å²) >= 11 is 1.84. The molecule has 1 aliphatic rings. The molecule has 1 atom stereocenters. The fourth-order valence-electron chi connectivity index (χ4n) is 2.34. The molecule has 5 nitrogen and oxygen atoms in total. The summed E-state index contributed by atoms with van der Waals surface area (Å²) in [6.45, 7) is 4.95. The third kappa shape index (κ3) is 6.49. The lowest BCUT2D eigenvalue weighted by molar-refractivity contribution is 0.141. The van der Waals surface area contributed by atoms with E-state index in [0.29, 0.717) is 6.04 Å². The first-order valence-electron chi connectivity index (χ1n) is 6.98. The second kappa shape index (κ2) is 10.3. The molecule has 0 aromatic rings. The van der Waals surface area contributed by atoms with Crippen LogP contribution in [-0.2, 0) is 4.74 Å². The monoisotopic (exact) mass is 288 g/mol. The lowest BCUT2D eigenvalue weighted by atomic mass is 10.2. The first-order valence-corrected chi connectivity index (χ1v) is 8.37. The van der Waals surface area contributed by atoms with Crippen LogP contribution in [0.2, 0.25) is 0 Å². The van der Waals surface area contributed by atoms with Gasteiger partial charge in [-0.1, -0.05) is 0 Å². The molecule has 0 radical (unpaired) electrons. The highest BCUT2D eigenvalue weighted by Gasteiger charge is 2.23. The predicted octanol–water partition coefficient (Wildman–Crippen LogP) is 0.625. The van der Waals surface area contributed by atoms with Crippen LogP contribution in [0.3, 0.4) is 0 Å². The van der Waals surface area contributed by atoms with Gasteiger partial charge in [-0.25, -0.2) is 0 Å². The molecule has 112 valence electrons. The van der Waals surface area contributed by atoms with E-state index in [1.165, 1.54) is 19.4 Å². The molecule has 0 aromatic carbocycles. The first kappa shape index (κ1) is 16.6. The zero-order valence-corrected chi connectivity index (χ0v) is 13.3. The summed E-state index contributed by atoms with van der Waals surface area (Å²) in [5.74, 6) is 2.01. The average Bonchev–Trinajstić information content (AvgIpc) is 2.88. The van der Waals surface area contributed by atoms with Crippen LogP contribution in [0.15, 0.2) is 4.99 Å². The quantitative estimate of drug-likeness (QED) is 0.390. The van der Waals surface area contributed by atoms with E-state index in [1.54, 1.807) is 7.11 Å². The predicted molar refractivity (Wildman–Crippen MR) is 84.2 cm³/mol. The van der Waals surface area contributed by atoms with Crippen molar-refractivity contribution in [2.45, 2.75) is 18.9 Å². The van der Waals surface area contributed by atoms with E-state index in [-0.39, 0.29) is 0 Å². The van der Waals surface area contributed by atoms with E-state index in [9.17, 15) is 0 Å². The summed E-state index contributed by atoms with van der Waals surface area (Å²) in [5, 5.41) is 6.75. The third-order valence-corrected chi connectivity index (χ3v) is 4.02. The Kier molecular flexibility index (Phi) is 9.03. The summed E-state index contributed by atoms with van der Waals surface area (Å²) in [6.07, 6.45) is 4.66. The number of hydrogen-bond acceptors (Lipinski definition) is 4. The topological polar surface area (TPSA) is 48.9 Å². The second-order valence-electron chi connectivity index (χ2n) is 4.70. The fourth-order valence-corrected chi connectivity index (χ4v) is 2.64. The highest BCUT2D eigenvalue weighted by Crippen LogP contribution is 2.15. The molecule has 1 heterocycles. The molecule has 1 rings (SSSR count). The van der Waals surface area contributed by atoms with Crippen LogP contribution in [0.4, 0.5) is 0 Å². The maximum atomic E-state index is 5.16. The van der Waals surface area contributed by atoms with Crippen LogP contribution in [-0.4, -0.2) is 75.9 Å². The highest BCUT2D eigenvalue weighted by molar-refractivity contribution is 7.98. The number of methoxy groups -OCH3 is 1. The van der Waals surface area contributed by atoms with Crippen LogP contribution in [0.1, 0.15) is 12.8 Å². The molecule has 0 saturated carbocycles. The molecule has 0 spiro atoms. The van der Waals surface area contributed by atoms with Crippen molar-refractivity contribution in [2.24, 2.45) is 4.99 Å². The van der Waals surface area contributed by atoms with Gasteiger partial charge in [0.25, 0.3) is 0 Å². The van der Waals surface area contributed by atoms with Crippen LogP contribution in [0, 0.1) is 0 Å². The third-order valence-electron chi connectivity index (χ3n) is 3.41. The van der Waals surface area contributed by atoms with Gasteiger partial charge in [0.05, 0.1) is 6.61 Å². The van der Waals surface area contributed by atoms with Gasteiger partial charge in [0.2, 0.25) is 0 Å². The molecule has 6 heteroatoms. The first-order chi connectivity index (χ1) is 9.31. The Hall–Kier alpha value is -0.460. The SMILES string of the molecule is CN=C(NCCSC)NCC1CCCN1CCOC. The fraction of sp³-hybridized carbons (Fsp3) is 0.923. The van der Waals surface area contributed by atoms with E-state index < -0.39 is 0 Å². The molecule has 1 fully saturated rings. The van der Waals surface area contributed by atoms with E-state index >= 15 is 0 Å². The minimum Gasteiger partial charge on any atom is -0.383 e. The van der Waals surface area contributed by atoms with Gasteiger partial charge in [-0.15, -0.1) is 0 Å². The summed E-state index contributed by atoms with van der Waals surface area (Å²) in [4.78, 5) is 6.76. The average molecular weight is 288 g/mol. The van der Waals surface area contributed by atoms with Gasteiger partial charge in [0.1, 0.15) is 0 Å². The largest absolute Gasteiger partial charge is 0.383 e. The minimum absolute atomic E-state index is 0.606. The minimum atomic E-state index is 0.606. The van der Waals surface area contributed by atoms with Gasteiger partial charge in [0.15, 0.2) is 5.96 Å². The Labute approximate surface area is 121 Å². The van der Waals surface area contributed by atoms with Crippen molar-refractivity contribution in [3.63, 3.8) is 0 Å². The van der Waals surface area contributed by atoms with Crippen molar-refractivity contribution >= 4 is 17.7 Å². The Balaban J connectivity index is 2.25. The number of ether oxygens (including phenoxy) is 1. The van der Waals surface area contributed by atoms with Crippen molar-refractivity contribution in [1.82, 2.24) is 15.5 Å². The van der Waals surface area contributed by atoms with Crippen LogP contribution >= 0.6 is 11.8 Å². The Morgan fingerprint density at radius 3 is 3.00 bits per heavy atom. The molecule has 1 unspecified atom stereocenters. The van der Waals surface area contributed by atoms with Crippen molar-refractivity contribution in [2.75, 3.05) is 59.0 Å². The van der Waals surface area contributed by atoms with Crippen LogP contribution in [0.5, 0.6) is 0 Å². The number of guanidine groups is 1. The van der Waals surface area contributed by atoms with Crippen molar-refractivity contribution < 1.29 is 4.74 Å². The van der Waals surface area contributed by atoms with Gasteiger partial charge in [-0.3, -0.25) is 9.89 Å². The maximum absolute atomic E-state index is 5.16. The normalized spacial score (nSPS) is 20.8. The van der Waals surface area contributed by atoms with E-state index in [4.69, 9.17) is 4.74 Å². The molecule has 0 aromatic heterocycles. The van der Waals surface area contributed by atoms with Gasteiger partial charge in [0, 0.05) is 45.6 Å². The number of nitrogens with one attached hydrogen (secondary N) is 2. The standard InChI is InChI=1S/C13H28N4OS/c1-14-13(15-6-10-19-3)16-11-12-5-4-7-17(12)8-9-18-2/h12H,4-11H2,1-3H3,(H2,14,15,16). The molecule has 0 aliphatic carbocycles. The number of hydrogen-bond donors (Lipinski definition) is 2. The van der Waals surface area contributed by atoms with E-state index in [2.05, 4.69) is 26.8 Å². The lowest BCUT2D eigenvalue weighted by Gasteiger charge is -2.25. The number of rotatable bonds is 8. The van der Waals surface area contributed by atoms with Crippen LogP contribution < -0.4 is 10.6 Å². The molecule has 0 amide bonds. The molecular weight excluding hydrogens is 260 g/mol. The van der Waals surface area contributed by atoms with Crippen molar-refractivity contribution in [3.05, 3.63) is 0 Å². The Bertz CT molecular complexity index is 263. The van der Waals surface area contributed by atoms with Gasteiger partial charge >= 0.3 is 0 Å². The molecule has 1 aliphatic heterocycles. The zero-order valence-electron chi connectivity index (χ0n) is 12.4. The summed E-state index contributed by atoms with van der Waals surface area (Å²) in [5.41, 5.74) is 0. The molecule has 1 saturated heterocycles. The highest BCUT2D eigenvalue weighted by atomic mass is 32.2. The molecular formula is C13H28N4OS. The Morgan fingerprint density at radius 1 is 1.47 bits per heavy atom. The summed E-state index contributed by atoms with van der Waals surface area (Å²) < 4.78 is 5.16. The number of aliphatic imine (C=N–C) groups is 1. The molecule has 0 bridgehead atoms. The zero-order chi connectivity index (χ0) is 13.9. The summed E-state index contributed by atoms with van der Waals surface area (Å²) in [6, 6.07) is 0.606. The number of thioether (sulfide) groups is 1. The second-order valence-corrected chi connectivity index (χ2v) is 5.68. The number of nitrogens with zero attached hydrogens (tertiary/aromatic N) is 2. The lowest BCUT2D eigenvalue weighted by Crippen LogP contribution is -2.45. The summed E-state index contributed by atoms with van der Waals surface area (Å²) in [7, 11) is 3.59. The van der Waals surface area contributed by atoms with Crippen molar-refractivity contribution in [1.29, 1.82) is 0 Å². The van der Waals surface area contributed by atoms with Crippen LogP contribution in [0.25, 0.3) is 0 Å². The number of likely N-dealkylation sites (tertiary alicyclic amines) is 1. The van der Waals surface area contributed by atoms with E-state index in [1.807, 2.05) is 18.8 Å². The Morgan fingerprint density at radius 2 is 2.32 bits per heavy atom. The van der Waals surface area contributed by atoms with Gasteiger partial charge in [-0.05, 0) is 25.6 Å². The molecule has 19 heavy (non-hydrogen) atoms. The van der Waals surface area contributed by atoms with Gasteiger partial charge < -0.3 is 15.4 Å². The smallest absolute Gasteiger partial charge is 0.191 e. The van der Waals surface area contributed by atoms with Gasteiger partial charge in [-0.2, -0.15) is 11.8 Å². The van der Waals surface area contributed by atoms with E-state index in [0.717, 1.165) is 38.0 Å².